The summed E-state index contributed by atoms with van der Waals surface area (Å²) in [5.41, 5.74) is 0.832. The van der Waals surface area contributed by atoms with E-state index in [0.29, 0.717) is 11.7 Å². The summed E-state index contributed by atoms with van der Waals surface area (Å²) in [7, 11) is 0. The molecule has 21 heavy (non-hydrogen) atoms. The molecule has 0 aromatic heterocycles. The van der Waals surface area contributed by atoms with Crippen molar-refractivity contribution < 1.29 is 9.53 Å². The van der Waals surface area contributed by atoms with E-state index in [0.717, 1.165) is 49.6 Å². The zero-order valence-electron chi connectivity index (χ0n) is 12.6. The highest BCUT2D eigenvalue weighted by atomic mass is 16.5. The third-order valence-electron chi connectivity index (χ3n) is 4.51. The lowest BCUT2D eigenvalue weighted by molar-refractivity contribution is 0.0967. The van der Waals surface area contributed by atoms with Crippen molar-refractivity contribution in [3.8, 4) is 5.75 Å². The second-order valence-corrected chi connectivity index (χ2v) is 6.37. The van der Waals surface area contributed by atoms with Crippen molar-refractivity contribution in [3.05, 3.63) is 29.8 Å². The molecule has 3 nitrogen and oxygen atoms in total. The smallest absolute Gasteiger partial charge is 0.165 e. The van der Waals surface area contributed by atoms with Crippen molar-refractivity contribution in [1.82, 2.24) is 5.32 Å². The minimum atomic E-state index is 0.292. The predicted molar refractivity (Wildman–Crippen MR) is 83.8 cm³/mol. The Morgan fingerprint density at radius 1 is 1.19 bits per heavy atom. The third kappa shape index (κ3) is 4.31. The van der Waals surface area contributed by atoms with Gasteiger partial charge in [0.1, 0.15) is 5.75 Å². The summed E-state index contributed by atoms with van der Waals surface area (Å²) in [6.45, 7) is 3.11. The van der Waals surface area contributed by atoms with Gasteiger partial charge < -0.3 is 10.1 Å². The van der Waals surface area contributed by atoms with Gasteiger partial charge in [-0.2, -0.15) is 0 Å². The number of carbonyl (C=O) groups excluding carboxylic acids is 1. The van der Waals surface area contributed by atoms with Crippen LogP contribution in [0.3, 0.4) is 0 Å². The van der Waals surface area contributed by atoms with Gasteiger partial charge in [0, 0.05) is 11.5 Å². The molecular weight excluding hydrogens is 262 g/mol. The van der Waals surface area contributed by atoms with Crippen molar-refractivity contribution >= 4 is 5.78 Å². The van der Waals surface area contributed by atoms with E-state index in [-0.39, 0.29) is 0 Å². The first-order valence-electron chi connectivity index (χ1n) is 8.31. The lowest BCUT2D eigenvalue weighted by Gasteiger charge is -2.22. The molecule has 3 rings (SSSR count). The largest absolute Gasteiger partial charge is 0.494 e. The molecule has 1 unspecified atom stereocenters. The Kier molecular flexibility index (Phi) is 4.91. The topological polar surface area (TPSA) is 38.3 Å². The van der Waals surface area contributed by atoms with Gasteiger partial charge in [0.05, 0.1) is 6.61 Å². The van der Waals surface area contributed by atoms with Gasteiger partial charge in [-0.1, -0.05) is 0 Å². The second-order valence-electron chi connectivity index (χ2n) is 6.37. The summed E-state index contributed by atoms with van der Waals surface area (Å²) >= 11 is 0. The summed E-state index contributed by atoms with van der Waals surface area (Å²) < 4.78 is 5.78. The molecule has 1 aromatic rings. The van der Waals surface area contributed by atoms with E-state index in [1.807, 2.05) is 24.3 Å². The number of Topliss-reactive ketones (excluding diaryl/α,β-unsaturated/α-hetero) is 1. The van der Waals surface area contributed by atoms with Crippen molar-refractivity contribution in [1.29, 1.82) is 0 Å². The van der Waals surface area contributed by atoms with E-state index in [1.54, 1.807) is 0 Å². The van der Waals surface area contributed by atoms with Gasteiger partial charge in [0.15, 0.2) is 5.78 Å². The highest BCUT2D eigenvalue weighted by molar-refractivity contribution is 5.99. The maximum Gasteiger partial charge on any atom is 0.165 e. The van der Waals surface area contributed by atoms with Gasteiger partial charge >= 0.3 is 0 Å². The van der Waals surface area contributed by atoms with Crippen molar-refractivity contribution in [3.63, 3.8) is 0 Å². The number of carbonyl (C=O) groups is 1. The second kappa shape index (κ2) is 7.08. The van der Waals surface area contributed by atoms with E-state index < -0.39 is 0 Å². The summed E-state index contributed by atoms with van der Waals surface area (Å²) in [6, 6.07) is 7.66. The summed E-state index contributed by atoms with van der Waals surface area (Å²) in [4.78, 5) is 11.9. The van der Waals surface area contributed by atoms with Gasteiger partial charge in [-0.05, 0) is 81.8 Å². The molecule has 1 heterocycles. The molecule has 1 saturated heterocycles. The van der Waals surface area contributed by atoms with Crippen LogP contribution in [0.5, 0.6) is 5.75 Å². The SMILES string of the molecule is O=C(c1ccc(OCCCC2CCCNC2)cc1)C1CC1. The maximum atomic E-state index is 11.9. The molecule has 1 aliphatic heterocycles. The minimum absolute atomic E-state index is 0.292. The van der Waals surface area contributed by atoms with Crippen LogP contribution in [0.25, 0.3) is 0 Å². The standard InChI is InChI=1S/C18H25NO2/c20-18(15-5-6-15)16-7-9-17(10-8-16)21-12-2-4-14-3-1-11-19-13-14/h7-10,14-15,19H,1-6,11-13H2. The van der Waals surface area contributed by atoms with Crippen LogP contribution in [0.1, 0.15) is 48.9 Å². The molecule has 3 heteroatoms. The van der Waals surface area contributed by atoms with Crippen LogP contribution < -0.4 is 10.1 Å². The number of hydrogen-bond donors (Lipinski definition) is 1. The van der Waals surface area contributed by atoms with E-state index in [1.165, 1.54) is 25.8 Å². The average molecular weight is 287 g/mol. The fourth-order valence-electron chi connectivity index (χ4n) is 3.03. The van der Waals surface area contributed by atoms with Gasteiger partial charge in [0.25, 0.3) is 0 Å². The first-order chi connectivity index (χ1) is 10.3. The Hall–Kier alpha value is -1.35. The van der Waals surface area contributed by atoms with E-state index in [4.69, 9.17) is 4.74 Å². The van der Waals surface area contributed by atoms with Crippen molar-refractivity contribution in [2.24, 2.45) is 11.8 Å². The number of rotatable bonds is 7. The van der Waals surface area contributed by atoms with Crippen molar-refractivity contribution in [2.75, 3.05) is 19.7 Å². The number of nitrogens with one attached hydrogen (secondary N) is 1. The quantitative estimate of drug-likeness (QED) is 0.616. The van der Waals surface area contributed by atoms with Gasteiger partial charge in [-0.25, -0.2) is 0 Å². The normalized spacial score (nSPS) is 22.0. The molecule has 114 valence electrons. The Labute approximate surface area is 127 Å². The van der Waals surface area contributed by atoms with E-state index in [2.05, 4.69) is 5.32 Å². The van der Waals surface area contributed by atoms with Gasteiger partial charge in [0.2, 0.25) is 0 Å². The van der Waals surface area contributed by atoms with Crippen LogP contribution in [0, 0.1) is 11.8 Å². The van der Waals surface area contributed by atoms with Crippen LogP contribution in [0.2, 0.25) is 0 Å². The number of hydrogen-bond acceptors (Lipinski definition) is 3. The monoisotopic (exact) mass is 287 g/mol. The number of ether oxygens (including phenoxy) is 1. The summed E-state index contributed by atoms with van der Waals surface area (Å²) in [5, 5.41) is 3.45. The Morgan fingerprint density at radius 3 is 2.67 bits per heavy atom. The van der Waals surface area contributed by atoms with Crippen LogP contribution in [-0.2, 0) is 0 Å². The molecule has 0 radical (unpaired) electrons. The zero-order chi connectivity index (χ0) is 14.5. The Balaban J connectivity index is 1.37. The molecule has 0 spiro atoms. The highest BCUT2D eigenvalue weighted by Crippen LogP contribution is 2.32. The maximum absolute atomic E-state index is 11.9. The van der Waals surface area contributed by atoms with Crippen LogP contribution >= 0.6 is 0 Å². The fourth-order valence-corrected chi connectivity index (χ4v) is 3.03. The molecule has 2 aliphatic rings. The first kappa shape index (κ1) is 14.6. The van der Waals surface area contributed by atoms with Crippen LogP contribution in [-0.4, -0.2) is 25.5 Å². The molecule has 1 N–H and O–H groups in total. The summed E-state index contributed by atoms with van der Waals surface area (Å²) in [6.07, 6.45) is 7.13. The van der Waals surface area contributed by atoms with Crippen LogP contribution in [0.15, 0.2) is 24.3 Å². The average Bonchev–Trinajstić information content (AvgIpc) is 3.37. The van der Waals surface area contributed by atoms with Crippen LogP contribution in [0.4, 0.5) is 0 Å². The molecule has 1 saturated carbocycles. The van der Waals surface area contributed by atoms with E-state index >= 15 is 0 Å². The lowest BCUT2D eigenvalue weighted by atomic mass is 9.95. The highest BCUT2D eigenvalue weighted by Gasteiger charge is 2.30. The molecule has 1 aromatic carbocycles. The van der Waals surface area contributed by atoms with Gasteiger partial charge in [-0.3, -0.25) is 4.79 Å². The summed E-state index contributed by atoms with van der Waals surface area (Å²) in [5.74, 6) is 2.29. The molecule has 2 fully saturated rings. The number of benzene rings is 1. The fraction of sp³-hybridized carbons (Fsp3) is 0.611. The first-order valence-corrected chi connectivity index (χ1v) is 8.31. The minimum Gasteiger partial charge on any atom is -0.494 e. The predicted octanol–water partition coefficient (Wildman–Crippen LogP) is 3.44. The zero-order valence-corrected chi connectivity index (χ0v) is 12.6. The van der Waals surface area contributed by atoms with Gasteiger partial charge in [-0.15, -0.1) is 0 Å². The Bertz CT molecular complexity index is 459. The molecule has 1 atom stereocenters. The third-order valence-corrected chi connectivity index (χ3v) is 4.51. The molecular formula is C18H25NO2. The molecule has 1 aliphatic carbocycles. The van der Waals surface area contributed by atoms with E-state index in [9.17, 15) is 4.79 Å². The number of piperidine rings is 1. The molecule has 0 bridgehead atoms. The molecule has 0 amide bonds. The van der Waals surface area contributed by atoms with Crippen molar-refractivity contribution in [2.45, 2.75) is 38.5 Å². The Morgan fingerprint density at radius 2 is 2.00 bits per heavy atom. The number of ketones is 1. The lowest BCUT2D eigenvalue weighted by Crippen LogP contribution is -2.29.